The maximum Gasteiger partial charge on any atom is 0.256 e. The molecule has 20 heavy (non-hydrogen) atoms. The minimum Gasteiger partial charge on any atom is -0.336 e. The predicted molar refractivity (Wildman–Crippen MR) is 81.5 cm³/mol. The maximum absolute atomic E-state index is 12.4. The third-order valence-electron chi connectivity index (χ3n) is 3.52. The van der Waals surface area contributed by atoms with Crippen LogP contribution in [-0.2, 0) is 0 Å². The van der Waals surface area contributed by atoms with Crippen LogP contribution in [0.4, 0.5) is 0 Å². The molecule has 1 fully saturated rings. The topological polar surface area (TPSA) is 47.3 Å². The van der Waals surface area contributed by atoms with E-state index < -0.39 is 5.54 Å². The quantitative estimate of drug-likeness (QED) is 0.836. The van der Waals surface area contributed by atoms with Crippen LogP contribution in [0.5, 0.6) is 0 Å². The lowest BCUT2D eigenvalue weighted by atomic mass is 10.0. The van der Waals surface area contributed by atoms with Crippen LogP contribution in [-0.4, -0.2) is 47.4 Å². The number of rotatable bonds is 2. The second kappa shape index (κ2) is 5.90. The lowest BCUT2D eigenvalue weighted by Gasteiger charge is -2.40. The maximum atomic E-state index is 12.4. The van der Waals surface area contributed by atoms with E-state index in [0.29, 0.717) is 40.4 Å². The molecule has 0 aliphatic carbocycles. The Morgan fingerprint density at radius 1 is 1.35 bits per heavy atom. The zero-order chi connectivity index (χ0) is 14.9. The molecule has 0 atom stereocenters. The Bertz CT molecular complexity index is 556. The van der Waals surface area contributed by atoms with Crippen molar-refractivity contribution in [3.8, 4) is 6.07 Å². The van der Waals surface area contributed by atoms with Gasteiger partial charge < -0.3 is 4.90 Å². The summed E-state index contributed by atoms with van der Waals surface area (Å²) in [6.45, 7) is 6.32. The second-order valence-electron chi connectivity index (χ2n) is 5.19. The van der Waals surface area contributed by atoms with Gasteiger partial charge in [-0.05, 0) is 19.9 Å². The Labute approximate surface area is 132 Å². The molecule has 0 radical (unpaired) electrons. The number of nitrogens with zero attached hydrogens (tertiary/aromatic N) is 3. The fourth-order valence-electron chi connectivity index (χ4n) is 2.20. The first-order valence-corrected chi connectivity index (χ1v) is 7.83. The predicted octanol–water partition coefficient (Wildman–Crippen LogP) is 3.11. The zero-order valence-electron chi connectivity index (χ0n) is 11.3. The van der Waals surface area contributed by atoms with E-state index in [-0.39, 0.29) is 5.91 Å². The number of hydrogen-bond donors (Lipinski definition) is 0. The summed E-state index contributed by atoms with van der Waals surface area (Å²) < 4.78 is 0.947. The molecule has 0 bridgehead atoms. The van der Waals surface area contributed by atoms with Gasteiger partial charge in [-0.2, -0.15) is 5.26 Å². The van der Waals surface area contributed by atoms with E-state index in [1.54, 1.807) is 11.0 Å². The van der Waals surface area contributed by atoms with Gasteiger partial charge in [-0.3, -0.25) is 9.69 Å². The third-order valence-corrected chi connectivity index (χ3v) is 5.01. The van der Waals surface area contributed by atoms with Gasteiger partial charge in [0.05, 0.1) is 16.0 Å². The number of piperazine rings is 1. The molecule has 108 valence electrons. The highest BCUT2D eigenvalue weighted by molar-refractivity contribution is 7.20. The molecule has 0 aromatic carbocycles. The largest absolute Gasteiger partial charge is 0.336 e. The highest BCUT2D eigenvalue weighted by Crippen LogP contribution is 2.32. The molecule has 4 nitrogen and oxygen atoms in total. The van der Waals surface area contributed by atoms with Crippen LogP contribution in [0.3, 0.4) is 0 Å². The van der Waals surface area contributed by atoms with E-state index in [4.69, 9.17) is 28.5 Å². The van der Waals surface area contributed by atoms with E-state index in [9.17, 15) is 4.79 Å². The number of carbonyl (C=O) groups is 1. The molecule has 0 N–H and O–H groups in total. The normalized spacial score (nSPS) is 17.1. The molecule has 1 amide bonds. The Morgan fingerprint density at radius 2 is 1.95 bits per heavy atom. The van der Waals surface area contributed by atoms with E-state index in [2.05, 4.69) is 11.0 Å². The van der Waals surface area contributed by atoms with Crippen molar-refractivity contribution >= 4 is 40.4 Å². The smallest absolute Gasteiger partial charge is 0.256 e. The molecule has 7 heteroatoms. The fraction of sp³-hybridized carbons (Fsp3) is 0.538. The standard InChI is InChI=1S/C13H15Cl2N3OS/c1-13(2,8-16)18-5-3-17(4-6-18)12(19)9-7-10(14)20-11(9)15/h7H,3-6H2,1-2H3. The van der Waals surface area contributed by atoms with Crippen molar-refractivity contribution in [2.75, 3.05) is 26.2 Å². The summed E-state index contributed by atoms with van der Waals surface area (Å²) in [4.78, 5) is 16.2. The van der Waals surface area contributed by atoms with Crippen molar-refractivity contribution in [1.82, 2.24) is 9.80 Å². The van der Waals surface area contributed by atoms with E-state index >= 15 is 0 Å². The number of thiophene rings is 1. The van der Waals surface area contributed by atoms with Gasteiger partial charge in [0.1, 0.15) is 9.88 Å². The second-order valence-corrected chi connectivity index (χ2v) is 7.47. The lowest BCUT2D eigenvalue weighted by molar-refractivity contribution is 0.0521. The summed E-state index contributed by atoms with van der Waals surface area (Å²) in [5.41, 5.74) is -0.0342. The van der Waals surface area contributed by atoms with Crippen LogP contribution in [0, 0.1) is 11.3 Å². The van der Waals surface area contributed by atoms with Gasteiger partial charge in [0.25, 0.3) is 5.91 Å². The molecule has 0 spiro atoms. The summed E-state index contributed by atoms with van der Waals surface area (Å²) in [7, 11) is 0. The summed E-state index contributed by atoms with van der Waals surface area (Å²) >= 11 is 13.1. The average Bonchev–Trinajstić information content (AvgIpc) is 2.77. The molecule has 2 heterocycles. The Balaban J connectivity index is 2.03. The van der Waals surface area contributed by atoms with Gasteiger partial charge in [-0.15, -0.1) is 11.3 Å². The van der Waals surface area contributed by atoms with Gasteiger partial charge in [0.15, 0.2) is 0 Å². The molecular formula is C13H15Cl2N3OS. The van der Waals surface area contributed by atoms with Crippen molar-refractivity contribution in [3.63, 3.8) is 0 Å². The molecule has 1 aliphatic rings. The summed E-state index contributed by atoms with van der Waals surface area (Å²) in [5, 5.41) is 9.14. The number of nitriles is 1. The summed E-state index contributed by atoms with van der Waals surface area (Å²) in [6.07, 6.45) is 0. The SMILES string of the molecule is CC(C)(C#N)N1CCN(C(=O)c2cc(Cl)sc2Cl)CC1. The highest BCUT2D eigenvalue weighted by Gasteiger charge is 2.32. The third kappa shape index (κ3) is 3.09. The van der Waals surface area contributed by atoms with Gasteiger partial charge in [-0.1, -0.05) is 23.2 Å². The zero-order valence-corrected chi connectivity index (χ0v) is 13.6. The van der Waals surface area contributed by atoms with Gasteiger partial charge >= 0.3 is 0 Å². The lowest BCUT2D eigenvalue weighted by Crippen LogP contribution is -2.55. The Kier molecular flexibility index (Phi) is 4.60. The molecule has 1 aromatic rings. The molecular weight excluding hydrogens is 317 g/mol. The first-order valence-electron chi connectivity index (χ1n) is 6.25. The van der Waals surface area contributed by atoms with E-state index in [1.165, 1.54) is 11.3 Å². The molecule has 2 rings (SSSR count). The van der Waals surface area contributed by atoms with Crippen LogP contribution >= 0.6 is 34.5 Å². The molecule has 0 saturated carbocycles. The average molecular weight is 332 g/mol. The minimum absolute atomic E-state index is 0.0902. The first kappa shape index (κ1) is 15.6. The van der Waals surface area contributed by atoms with Crippen molar-refractivity contribution < 1.29 is 4.79 Å². The van der Waals surface area contributed by atoms with E-state index in [1.807, 2.05) is 13.8 Å². The Hall–Kier alpha value is -0.800. The monoisotopic (exact) mass is 331 g/mol. The van der Waals surface area contributed by atoms with Crippen molar-refractivity contribution in [3.05, 3.63) is 20.3 Å². The molecule has 0 unspecified atom stereocenters. The van der Waals surface area contributed by atoms with Crippen LogP contribution in [0.25, 0.3) is 0 Å². The molecule has 1 aliphatic heterocycles. The van der Waals surface area contributed by atoms with Crippen LogP contribution < -0.4 is 0 Å². The number of hydrogen-bond acceptors (Lipinski definition) is 4. The summed E-state index contributed by atoms with van der Waals surface area (Å²) in [5.74, 6) is -0.0902. The van der Waals surface area contributed by atoms with Crippen molar-refractivity contribution in [2.45, 2.75) is 19.4 Å². The number of amides is 1. The van der Waals surface area contributed by atoms with E-state index in [0.717, 1.165) is 0 Å². The van der Waals surface area contributed by atoms with Gasteiger partial charge in [0.2, 0.25) is 0 Å². The van der Waals surface area contributed by atoms with Crippen LogP contribution in [0.15, 0.2) is 6.07 Å². The number of carbonyl (C=O) groups excluding carboxylic acids is 1. The van der Waals surface area contributed by atoms with Crippen molar-refractivity contribution in [1.29, 1.82) is 5.26 Å². The first-order chi connectivity index (χ1) is 9.35. The highest BCUT2D eigenvalue weighted by atomic mass is 35.5. The summed E-state index contributed by atoms with van der Waals surface area (Å²) in [6, 6.07) is 3.90. The number of halogens is 2. The van der Waals surface area contributed by atoms with Gasteiger partial charge in [-0.25, -0.2) is 0 Å². The fourth-order valence-corrected chi connectivity index (χ4v) is 3.64. The van der Waals surface area contributed by atoms with Gasteiger partial charge in [0, 0.05) is 26.2 Å². The molecule has 1 aromatic heterocycles. The molecule has 1 saturated heterocycles. The van der Waals surface area contributed by atoms with Crippen LogP contribution in [0.2, 0.25) is 8.67 Å². The Morgan fingerprint density at radius 3 is 2.40 bits per heavy atom. The van der Waals surface area contributed by atoms with Crippen molar-refractivity contribution in [2.24, 2.45) is 0 Å². The van der Waals surface area contributed by atoms with Crippen LogP contribution in [0.1, 0.15) is 24.2 Å². The minimum atomic E-state index is -0.502.